The predicted molar refractivity (Wildman–Crippen MR) is 103 cm³/mol. The first-order valence-corrected chi connectivity index (χ1v) is 9.59. The number of rotatable bonds is 3. The van der Waals surface area contributed by atoms with Gasteiger partial charge in [0.25, 0.3) is 0 Å². The fraction of sp³-hybridized carbons (Fsp3) is 0.556. The quantitative estimate of drug-likeness (QED) is 0.785. The summed E-state index contributed by atoms with van der Waals surface area (Å²) < 4.78 is 51.8. The van der Waals surface area contributed by atoms with E-state index in [4.69, 9.17) is 15.2 Å². The van der Waals surface area contributed by atoms with Gasteiger partial charge in [-0.2, -0.15) is 18.2 Å². The van der Waals surface area contributed by atoms with Crippen molar-refractivity contribution in [3.63, 3.8) is 0 Å². The van der Waals surface area contributed by atoms with E-state index in [0.29, 0.717) is 57.8 Å². The van der Waals surface area contributed by atoms with Gasteiger partial charge in [0.05, 0.1) is 38.2 Å². The lowest BCUT2D eigenvalue weighted by Crippen LogP contribution is -2.45. The minimum Gasteiger partial charge on any atom is -0.378 e. The third-order valence-corrected chi connectivity index (χ3v) is 5.01. The van der Waals surface area contributed by atoms with Crippen LogP contribution in [0.1, 0.15) is 12.6 Å². The van der Waals surface area contributed by atoms with Crippen LogP contribution >= 0.6 is 0 Å². The second-order valence-corrected chi connectivity index (χ2v) is 7.12. The molecule has 4 rings (SSSR count). The van der Waals surface area contributed by atoms with Crippen molar-refractivity contribution >= 4 is 17.7 Å². The molecule has 0 amide bonds. The number of nitrogens with zero attached hydrogens (tertiary/aromatic N) is 6. The molecule has 0 aliphatic carbocycles. The van der Waals surface area contributed by atoms with Gasteiger partial charge in [0.1, 0.15) is 5.82 Å². The van der Waals surface area contributed by atoms with Crippen LogP contribution in [-0.4, -0.2) is 72.0 Å². The molecule has 2 fully saturated rings. The van der Waals surface area contributed by atoms with Crippen molar-refractivity contribution in [2.24, 2.45) is 0 Å². The van der Waals surface area contributed by atoms with E-state index in [2.05, 4.69) is 19.9 Å². The van der Waals surface area contributed by atoms with E-state index in [0.717, 1.165) is 6.20 Å². The van der Waals surface area contributed by atoms with Gasteiger partial charge in [-0.3, -0.25) is 0 Å². The zero-order valence-corrected chi connectivity index (χ0v) is 16.4. The molecule has 0 spiro atoms. The van der Waals surface area contributed by atoms with Crippen LogP contribution in [0, 0.1) is 0 Å². The highest BCUT2D eigenvalue weighted by atomic mass is 19.4. The van der Waals surface area contributed by atoms with Gasteiger partial charge in [-0.15, -0.1) is 0 Å². The Morgan fingerprint density at radius 2 is 1.80 bits per heavy atom. The molecular weight excluding hydrogens is 403 g/mol. The Morgan fingerprint density at radius 1 is 1.07 bits per heavy atom. The molecule has 30 heavy (non-hydrogen) atoms. The predicted octanol–water partition coefficient (Wildman–Crippen LogP) is 1.60. The summed E-state index contributed by atoms with van der Waals surface area (Å²) in [6, 6.07) is 1.51. The molecule has 2 N–H and O–H groups in total. The summed E-state index contributed by atoms with van der Waals surface area (Å²) in [5, 5.41) is 0. The summed E-state index contributed by atoms with van der Waals surface area (Å²) in [5.74, 6) is 0.423. The lowest BCUT2D eigenvalue weighted by Gasteiger charge is -2.35. The molecular formula is C18H22F3N7O2. The fourth-order valence-corrected chi connectivity index (χ4v) is 3.47. The van der Waals surface area contributed by atoms with Crippen LogP contribution in [0.3, 0.4) is 0 Å². The number of hydrogen-bond donors (Lipinski definition) is 1. The van der Waals surface area contributed by atoms with Gasteiger partial charge < -0.3 is 25.0 Å². The summed E-state index contributed by atoms with van der Waals surface area (Å²) in [4.78, 5) is 20.2. The monoisotopic (exact) mass is 425 g/mol. The lowest BCUT2D eigenvalue weighted by atomic mass is 10.1. The Hall–Kier alpha value is -2.73. The molecule has 1 atom stereocenters. The molecule has 0 saturated carbocycles. The molecule has 2 aliphatic rings. The van der Waals surface area contributed by atoms with Crippen molar-refractivity contribution in [2.75, 3.05) is 61.6 Å². The van der Waals surface area contributed by atoms with Crippen molar-refractivity contribution in [1.82, 2.24) is 19.9 Å². The highest BCUT2D eigenvalue weighted by Gasteiger charge is 2.37. The Kier molecular flexibility index (Phi) is 5.60. The number of morpholine rings is 2. The van der Waals surface area contributed by atoms with E-state index < -0.39 is 17.8 Å². The van der Waals surface area contributed by atoms with Crippen molar-refractivity contribution in [3.8, 4) is 11.3 Å². The van der Waals surface area contributed by atoms with E-state index >= 15 is 0 Å². The van der Waals surface area contributed by atoms with E-state index in [1.807, 2.05) is 16.7 Å². The minimum atomic E-state index is -4.71. The second-order valence-electron chi connectivity index (χ2n) is 7.12. The standard InChI is InChI=1S/C18H22F3N7O2/c1-11-10-30-7-4-28(11)17-24-13(8-14(25-17)27-2-5-29-6-3-27)12-9-23-16(22)26-15(12)18(19,20)21/h8-9,11H,2-7,10H2,1H3,(H2,22,23,26)/t11-/m0/s1. The SMILES string of the molecule is C[C@H]1COCCN1c1nc(-c2cnc(N)nc2C(F)(F)F)cc(N2CCOCC2)n1. The molecule has 0 unspecified atom stereocenters. The molecule has 9 nitrogen and oxygen atoms in total. The van der Waals surface area contributed by atoms with Gasteiger partial charge in [0.15, 0.2) is 5.69 Å². The van der Waals surface area contributed by atoms with Crippen LogP contribution in [0.2, 0.25) is 0 Å². The molecule has 2 aliphatic heterocycles. The van der Waals surface area contributed by atoms with Gasteiger partial charge in [0.2, 0.25) is 11.9 Å². The van der Waals surface area contributed by atoms with E-state index in [-0.39, 0.29) is 17.3 Å². The maximum absolute atomic E-state index is 13.6. The molecule has 162 valence electrons. The topological polar surface area (TPSA) is 103 Å². The van der Waals surface area contributed by atoms with E-state index in [9.17, 15) is 13.2 Å². The molecule has 2 aromatic heterocycles. The zero-order chi connectivity index (χ0) is 21.3. The largest absolute Gasteiger partial charge is 0.434 e. The zero-order valence-electron chi connectivity index (χ0n) is 16.4. The third kappa shape index (κ3) is 4.24. The lowest BCUT2D eigenvalue weighted by molar-refractivity contribution is -0.140. The number of alkyl halides is 3. The van der Waals surface area contributed by atoms with Crippen LogP contribution in [0.15, 0.2) is 12.3 Å². The van der Waals surface area contributed by atoms with Gasteiger partial charge in [-0.1, -0.05) is 0 Å². The Bertz CT molecular complexity index is 906. The summed E-state index contributed by atoms with van der Waals surface area (Å²) in [7, 11) is 0. The first kappa shape index (κ1) is 20.5. The molecule has 0 aromatic carbocycles. The Labute approximate surface area is 171 Å². The first-order valence-electron chi connectivity index (χ1n) is 9.59. The maximum atomic E-state index is 13.6. The van der Waals surface area contributed by atoms with Crippen LogP contribution in [0.4, 0.5) is 30.9 Å². The third-order valence-electron chi connectivity index (χ3n) is 5.01. The van der Waals surface area contributed by atoms with Crippen LogP contribution in [-0.2, 0) is 15.7 Å². The maximum Gasteiger partial charge on any atom is 0.434 e. The summed E-state index contributed by atoms with van der Waals surface area (Å²) in [6.45, 7) is 5.66. The van der Waals surface area contributed by atoms with Gasteiger partial charge in [0, 0.05) is 37.5 Å². The number of nitrogen functional groups attached to an aromatic ring is 1. The number of halogens is 3. The van der Waals surface area contributed by atoms with Crippen molar-refractivity contribution in [3.05, 3.63) is 18.0 Å². The van der Waals surface area contributed by atoms with Gasteiger partial charge >= 0.3 is 6.18 Å². The Morgan fingerprint density at radius 3 is 2.50 bits per heavy atom. The van der Waals surface area contributed by atoms with Gasteiger partial charge in [-0.05, 0) is 6.92 Å². The van der Waals surface area contributed by atoms with E-state index in [1.54, 1.807) is 0 Å². The average molecular weight is 425 g/mol. The second kappa shape index (κ2) is 8.19. The number of ether oxygens (including phenoxy) is 2. The highest BCUT2D eigenvalue weighted by Crippen LogP contribution is 2.36. The van der Waals surface area contributed by atoms with Crippen LogP contribution in [0.25, 0.3) is 11.3 Å². The molecule has 12 heteroatoms. The summed E-state index contributed by atoms with van der Waals surface area (Å²) >= 11 is 0. The Balaban J connectivity index is 1.84. The first-order chi connectivity index (χ1) is 14.3. The summed E-state index contributed by atoms with van der Waals surface area (Å²) in [5.41, 5.74) is 4.14. The normalized spacial score (nSPS) is 20.5. The van der Waals surface area contributed by atoms with Crippen molar-refractivity contribution < 1.29 is 22.6 Å². The number of hydrogen-bond acceptors (Lipinski definition) is 9. The number of nitrogens with two attached hydrogens (primary N) is 1. The highest BCUT2D eigenvalue weighted by molar-refractivity contribution is 5.67. The van der Waals surface area contributed by atoms with Crippen LogP contribution < -0.4 is 15.5 Å². The number of aromatic nitrogens is 4. The fourth-order valence-electron chi connectivity index (χ4n) is 3.47. The van der Waals surface area contributed by atoms with Crippen molar-refractivity contribution in [1.29, 1.82) is 0 Å². The summed E-state index contributed by atoms with van der Waals surface area (Å²) in [6.07, 6.45) is -3.65. The van der Waals surface area contributed by atoms with Crippen LogP contribution in [0.5, 0.6) is 0 Å². The number of anilines is 3. The van der Waals surface area contributed by atoms with E-state index in [1.165, 1.54) is 6.07 Å². The smallest absolute Gasteiger partial charge is 0.378 e. The van der Waals surface area contributed by atoms with Gasteiger partial charge in [-0.25, -0.2) is 15.0 Å². The minimum absolute atomic E-state index is 0.0173. The molecule has 0 radical (unpaired) electrons. The molecule has 0 bridgehead atoms. The molecule has 4 heterocycles. The van der Waals surface area contributed by atoms with Crippen molar-refractivity contribution in [2.45, 2.75) is 19.1 Å². The molecule has 2 saturated heterocycles. The molecule has 2 aromatic rings. The average Bonchev–Trinajstić information content (AvgIpc) is 2.74.